The highest BCUT2D eigenvalue weighted by Gasteiger charge is 2.38. The van der Waals surface area contributed by atoms with Crippen LogP contribution in [0.5, 0.6) is 0 Å². The number of carbonyl (C=O) groups excluding carboxylic acids is 1. The van der Waals surface area contributed by atoms with Crippen molar-refractivity contribution >= 4 is 17.8 Å². The molecule has 1 heterocycles. The van der Waals surface area contributed by atoms with Gasteiger partial charge in [-0.25, -0.2) is 4.79 Å². The predicted molar refractivity (Wildman–Crippen MR) is 123 cm³/mol. The van der Waals surface area contributed by atoms with Crippen molar-refractivity contribution in [3.8, 4) is 0 Å². The number of hydrogen-bond donors (Lipinski definition) is 3. The van der Waals surface area contributed by atoms with Gasteiger partial charge in [0.15, 0.2) is 0 Å². The summed E-state index contributed by atoms with van der Waals surface area (Å²) < 4.78 is 0. The molecule has 1 aromatic carbocycles. The molecule has 1 fully saturated rings. The molecule has 1 saturated heterocycles. The van der Waals surface area contributed by atoms with Crippen molar-refractivity contribution in [2.24, 2.45) is 5.92 Å². The second-order valence-corrected chi connectivity index (χ2v) is 8.96. The number of unbranched alkanes of at least 4 members (excludes halogenated alkanes) is 1. The fourth-order valence-corrected chi connectivity index (χ4v) is 4.29. The number of hydrogen-bond acceptors (Lipinski definition) is 4. The summed E-state index contributed by atoms with van der Waals surface area (Å²) in [6, 6.07) is 7.28. The van der Waals surface area contributed by atoms with Gasteiger partial charge in [0, 0.05) is 6.54 Å². The van der Waals surface area contributed by atoms with Crippen molar-refractivity contribution in [3.63, 3.8) is 0 Å². The Bertz CT molecular complexity index is 739. The van der Waals surface area contributed by atoms with Crippen LogP contribution in [0.4, 0.5) is 0 Å². The molecule has 4 atom stereocenters. The van der Waals surface area contributed by atoms with Gasteiger partial charge in [-0.15, -0.1) is 0 Å². The Hall–Kier alpha value is -2.41. The minimum Gasteiger partial charge on any atom is -0.480 e. The van der Waals surface area contributed by atoms with E-state index >= 15 is 0 Å². The Morgan fingerprint density at radius 2 is 1.75 bits per heavy atom. The zero-order valence-electron chi connectivity index (χ0n) is 19.3. The van der Waals surface area contributed by atoms with Gasteiger partial charge in [0.1, 0.15) is 12.1 Å². The van der Waals surface area contributed by atoms with Gasteiger partial charge in [-0.2, -0.15) is 0 Å². The average Bonchev–Trinajstić information content (AvgIpc) is 3.28. The van der Waals surface area contributed by atoms with Crippen LogP contribution in [0, 0.1) is 5.92 Å². The van der Waals surface area contributed by atoms with E-state index in [2.05, 4.69) is 19.2 Å². The Labute approximate surface area is 191 Å². The highest BCUT2D eigenvalue weighted by atomic mass is 16.4. The van der Waals surface area contributed by atoms with Crippen LogP contribution in [0.15, 0.2) is 30.3 Å². The number of carboxylic acids is 2. The fourth-order valence-electron chi connectivity index (χ4n) is 4.29. The number of aryl methyl sites for hydroxylation is 1. The molecular weight excluding hydrogens is 408 g/mol. The van der Waals surface area contributed by atoms with Crippen LogP contribution < -0.4 is 5.32 Å². The molecule has 2 unspecified atom stereocenters. The summed E-state index contributed by atoms with van der Waals surface area (Å²) in [5.74, 6) is -1.66. The Balaban J connectivity index is 2.07. The van der Waals surface area contributed by atoms with Crippen molar-refractivity contribution in [3.05, 3.63) is 35.9 Å². The predicted octanol–water partition coefficient (Wildman–Crippen LogP) is 3.71. The van der Waals surface area contributed by atoms with E-state index in [1.165, 1.54) is 4.90 Å². The van der Waals surface area contributed by atoms with Crippen LogP contribution >= 0.6 is 0 Å². The normalized spacial score (nSPS) is 18.8. The standard InChI is InChI=1S/C25H38N2O5/c1-3-18(2)10-7-8-13-20(23(28)27-17-9-14-22(27)25(31)32)26-21(24(29)30)16-15-19-11-5-4-6-12-19/h4-6,11-12,18,20-22,26H,3,7-10,13-17H2,1-2H3,(H,29,30)(H,31,32)/t18?,20?,21-,22-/m0/s1. The summed E-state index contributed by atoms with van der Waals surface area (Å²) in [6.45, 7) is 4.76. The number of carboxylic acid groups (broad SMARTS) is 2. The van der Waals surface area contributed by atoms with E-state index in [0.717, 1.165) is 31.2 Å². The number of nitrogens with one attached hydrogen (secondary N) is 1. The van der Waals surface area contributed by atoms with Gasteiger partial charge in [0.2, 0.25) is 5.91 Å². The molecule has 0 radical (unpaired) electrons. The van der Waals surface area contributed by atoms with Crippen LogP contribution in [0.25, 0.3) is 0 Å². The van der Waals surface area contributed by atoms with Gasteiger partial charge in [0.05, 0.1) is 6.04 Å². The first kappa shape index (κ1) is 25.8. The van der Waals surface area contributed by atoms with Crippen molar-refractivity contribution in [1.82, 2.24) is 10.2 Å². The van der Waals surface area contributed by atoms with Crippen molar-refractivity contribution in [2.45, 2.75) is 89.8 Å². The van der Waals surface area contributed by atoms with E-state index < -0.39 is 30.1 Å². The molecule has 0 aliphatic carbocycles. The highest BCUT2D eigenvalue weighted by molar-refractivity contribution is 5.88. The first-order valence-electron chi connectivity index (χ1n) is 11.9. The Morgan fingerprint density at radius 1 is 1.06 bits per heavy atom. The molecule has 7 heteroatoms. The number of amides is 1. The Morgan fingerprint density at radius 3 is 2.38 bits per heavy atom. The quantitative estimate of drug-likeness (QED) is 0.376. The van der Waals surface area contributed by atoms with Crippen LogP contribution in [0.2, 0.25) is 0 Å². The lowest BCUT2D eigenvalue weighted by molar-refractivity contribution is -0.149. The van der Waals surface area contributed by atoms with E-state index in [-0.39, 0.29) is 5.91 Å². The molecule has 178 valence electrons. The van der Waals surface area contributed by atoms with Crippen LogP contribution in [0.1, 0.15) is 70.8 Å². The lowest BCUT2D eigenvalue weighted by atomic mass is 9.98. The molecule has 7 nitrogen and oxygen atoms in total. The molecule has 1 amide bonds. The first-order valence-corrected chi connectivity index (χ1v) is 11.9. The summed E-state index contributed by atoms with van der Waals surface area (Å²) in [5.41, 5.74) is 1.04. The van der Waals surface area contributed by atoms with Crippen molar-refractivity contribution in [1.29, 1.82) is 0 Å². The topological polar surface area (TPSA) is 107 Å². The molecule has 0 spiro atoms. The molecule has 1 aromatic rings. The van der Waals surface area contributed by atoms with Crippen molar-refractivity contribution < 1.29 is 24.6 Å². The Kier molecular flexibility index (Phi) is 10.7. The monoisotopic (exact) mass is 446 g/mol. The molecule has 32 heavy (non-hydrogen) atoms. The van der Waals surface area contributed by atoms with Crippen molar-refractivity contribution in [2.75, 3.05) is 6.54 Å². The minimum absolute atomic E-state index is 0.288. The van der Waals surface area contributed by atoms with Gasteiger partial charge in [0.25, 0.3) is 0 Å². The van der Waals surface area contributed by atoms with E-state index in [1.807, 2.05) is 30.3 Å². The number of aliphatic carboxylic acids is 2. The van der Waals surface area contributed by atoms with E-state index in [1.54, 1.807) is 0 Å². The average molecular weight is 447 g/mol. The van der Waals surface area contributed by atoms with Gasteiger partial charge in [-0.05, 0) is 43.6 Å². The van der Waals surface area contributed by atoms with Gasteiger partial charge in [-0.1, -0.05) is 69.9 Å². The maximum atomic E-state index is 13.3. The largest absolute Gasteiger partial charge is 0.480 e. The maximum absolute atomic E-state index is 13.3. The summed E-state index contributed by atoms with van der Waals surface area (Å²) >= 11 is 0. The molecule has 1 aliphatic heterocycles. The van der Waals surface area contributed by atoms with Gasteiger partial charge in [-0.3, -0.25) is 14.9 Å². The number of benzene rings is 1. The van der Waals surface area contributed by atoms with Crippen LogP contribution in [-0.4, -0.2) is 57.6 Å². The van der Waals surface area contributed by atoms with Gasteiger partial charge >= 0.3 is 11.9 Å². The summed E-state index contributed by atoms with van der Waals surface area (Å²) in [7, 11) is 0. The third kappa shape index (κ3) is 7.93. The zero-order valence-corrected chi connectivity index (χ0v) is 19.3. The second kappa shape index (κ2) is 13.2. The first-order chi connectivity index (χ1) is 15.3. The zero-order chi connectivity index (χ0) is 23.5. The number of likely N-dealkylation sites (tertiary alicyclic amines) is 1. The fraction of sp³-hybridized carbons (Fsp3) is 0.640. The third-order valence-electron chi connectivity index (χ3n) is 6.52. The highest BCUT2D eigenvalue weighted by Crippen LogP contribution is 2.21. The smallest absolute Gasteiger partial charge is 0.326 e. The molecule has 0 saturated carbocycles. The molecule has 2 rings (SSSR count). The third-order valence-corrected chi connectivity index (χ3v) is 6.52. The number of carbonyl (C=O) groups is 3. The van der Waals surface area contributed by atoms with E-state index in [4.69, 9.17) is 0 Å². The van der Waals surface area contributed by atoms with Crippen LogP contribution in [-0.2, 0) is 20.8 Å². The van der Waals surface area contributed by atoms with Crippen LogP contribution in [0.3, 0.4) is 0 Å². The molecule has 0 bridgehead atoms. The van der Waals surface area contributed by atoms with E-state index in [0.29, 0.717) is 44.6 Å². The lowest BCUT2D eigenvalue weighted by Crippen LogP contribution is -2.54. The van der Waals surface area contributed by atoms with Gasteiger partial charge < -0.3 is 15.1 Å². The number of nitrogens with zero attached hydrogens (tertiary/aromatic N) is 1. The molecule has 0 aromatic heterocycles. The summed E-state index contributed by atoms with van der Waals surface area (Å²) in [5, 5.41) is 22.3. The number of rotatable bonds is 14. The maximum Gasteiger partial charge on any atom is 0.326 e. The minimum atomic E-state index is -0.995. The lowest BCUT2D eigenvalue weighted by Gasteiger charge is -2.29. The summed E-state index contributed by atoms with van der Waals surface area (Å²) in [4.78, 5) is 38.2. The molecule has 3 N–H and O–H groups in total. The van der Waals surface area contributed by atoms with E-state index in [9.17, 15) is 24.6 Å². The SMILES string of the molecule is CCC(C)CCCCC(N[C@@H](CCc1ccccc1)C(=O)O)C(=O)N1CCC[C@H]1C(=O)O. The summed E-state index contributed by atoms with van der Waals surface area (Å²) in [6.07, 6.45) is 6.48. The second-order valence-electron chi connectivity index (χ2n) is 8.96. The molecular formula is C25H38N2O5. The molecule has 1 aliphatic rings.